The highest BCUT2D eigenvalue weighted by molar-refractivity contribution is 5.96. The van der Waals surface area contributed by atoms with Crippen molar-refractivity contribution in [1.82, 2.24) is 4.98 Å². The Morgan fingerprint density at radius 2 is 2.04 bits per heavy atom. The second kappa shape index (κ2) is 8.25. The average Bonchev–Trinajstić information content (AvgIpc) is 2.63. The molecule has 0 amide bonds. The zero-order valence-electron chi connectivity index (χ0n) is 15.1. The van der Waals surface area contributed by atoms with Gasteiger partial charge in [0.1, 0.15) is 12.4 Å². The maximum atomic E-state index is 13.4. The standard InChI is InChI=1S/C21H23FN2O2/c1-3-4-6-15-12-23-20-16(13-26-25)7-5-8-18(20)21(15)24-19-10-9-17(22)11-14(19)2/h5,7-12,25H,3-4,6,13H2,1-2H3,(H,23,24). The Morgan fingerprint density at radius 3 is 2.77 bits per heavy atom. The summed E-state index contributed by atoms with van der Waals surface area (Å²) in [4.78, 5) is 8.92. The van der Waals surface area contributed by atoms with Crippen LogP contribution in [-0.2, 0) is 17.9 Å². The van der Waals surface area contributed by atoms with Crippen LogP contribution in [0.1, 0.15) is 36.5 Å². The summed E-state index contributed by atoms with van der Waals surface area (Å²) in [5, 5.41) is 13.3. The highest BCUT2D eigenvalue weighted by Gasteiger charge is 2.13. The number of aryl methyl sites for hydroxylation is 2. The molecule has 2 aromatic carbocycles. The van der Waals surface area contributed by atoms with E-state index in [0.717, 1.165) is 58.2 Å². The SMILES string of the molecule is CCCCc1cnc2c(COO)cccc2c1Nc1ccc(F)cc1C. The Labute approximate surface area is 152 Å². The summed E-state index contributed by atoms with van der Waals surface area (Å²) in [7, 11) is 0. The summed E-state index contributed by atoms with van der Waals surface area (Å²) in [6, 6.07) is 10.5. The van der Waals surface area contributed by atoms with Crippen LogP contribution in [0, 0.1) is 12.7 Å². The normalized spacial score (nSPS) is 11.1. The predicted octanol–water partition coefficient (Wildman–Crippen LogP) is 5.76. The Bertz CT molecular complexity index is 912. The summed E-state index contributed by atoms with van der Waals surface area (Å²) in [6.45, 7) is 4.11. The van der Waals surface area contributed by atoms with Crippen LogP contribution in [0.2, 0.25) is 0 Å². The molecule has 0 aliphatic rings. The Balaban J connectivity index is 2.13. The van der Waals surface area contributed by atoms with Crippen molar-refractivity contribution in [3.8, 4) is 0 Å². The molecule has 0 aliphatic carbocycles. The highest BCUT2D eigenvalue weighted by atomic mass is 19.1. The molecule has 2 N–H and O–H groups in total. The lowest BCUT2D eigenvalue weighted by Crippen LogP contribution is -2.02. The van der Waals surface area contributed by atoms with Crippen molar-refractivity contribution in [2.24, 2.45) is 0 Å². The zero-order valence-corrected chi connectivity index (χ0v) is 15.1. The lowest BCUT2D eigenvalue weighted by Gasteiger charge is -2.17. The average molecular weight is 354 g/mol. The van der Waals surface area contributed by atoms with Gasteiger partial charge < -0.3 is 5.32 Å². The van der Waals surface area contributed by atoms with Gasteiger partial charge in [-0.05, 0) is 49.1 Å². The number of nitrogens with zero attached hydrogens (tertiary/aromatic N) is 1. The molecule has 4 nitrogen and oxygen atoms in total. The van der Waals surface area contributed by atoms with Crippen molar-refractivity contribution in [3.05, 3.63) is 65.1 Å². The van der Waals surface area contributed by atoms with Crippen LogP contribution < -0.4 is 5.32 Å². The van der Waals surface area contributed by atoms with Crippen LogP contribution in [0.3, 0.4) is 0 Å². The molecule has 1 heterocycles. The number of hydrogen-bond donors (Lipinski definition) is 2. The summed E-state index contributed by atoms with van der Waals surface area (Å²) < 4.78 is 13.4. The summed E-state index contributed by atoms with van der Waals surface area (Å²) in [6.07, 6.45) is 4.93. The fraction of sp³-hybridized carbons (Fsp3) is 0.286. The van der Waals surface area contributed by atoms with E-state index in [4.69, 9.17) is 5.26 Å². The second-order valence-electron chi connectivity index (χ2n) is 6.43. The minimum absolute atomic E-state index is 0.0770. The number of nitrogens with one attached hydrogen (secondary N) is 1. The molecule has 0 saturated heterocycles. The fourth-order valence-corrected chi connectivity index (χ4v) is 3.12. The Hall–Kier alpha value is -2.50. The van der Waals surface area contributed by atoms with E-state index in [0.29, 0.717) is 0 Å². The Morgan fingerprint density at radius 1 is 1.19 bits per heavy atom. The van der Waals surface area contributed by atoms with Gasteiger partial charge in [-0.2, -0.15) is 0 Å². The van der Waals surface area contributed by atoms with Gasteiger partial charge >= 0.3 is 0 Å². The van der Waals surface area contributed by atoms with Crippen LogP contribution in [0.25, 0.3) is 10.9 Å². The molecular weight excluding hydrogens is 331 g/mol. The van der Waals surface area contributed by atoms with Crippen LogP contribution in [-0.4, -0.2) is 10.2 Å². The molecule has 3 rings (SSSR count). The highest BCUT2D eigenvalue weighted by Crippen LogP contribution is 2.33. The molecule has 0 spiro atoms. The smallest absolute Gasteiger partial charge is 0.123 e. The minimum Gasteiger partial charge on any atom is -0.354 e. The monoisotopic (exact) mass is 354 g/mol. The molecule has 0 atom stereocenters. The van der Waals surface area contributed by atoms with Gasteiger partial charge in [-0.15, -0.1) is 0 Å². The number of anilines is 2. The first kappa shape index (κ1) is 18.3. The van der Waals surface area contributed by atoms with Gasteiger partial charge in [0.15, 0.2) is 0 Å². The third kappa shape index (κ3) is 3.84. The minimum atomic E-state index is -0.249. The van der Waals surface area contributed by atoms with Gasteiger partial charge in [-0.1, -0.05) is 31.5 Å². The molecule has 26 heavy (non-hydrogen) atoms. The number of halogens is 1. The van der Waals surface area contributed by atoms with E-state index >= 15 is 0 Å². The van der Waals surface area contributed by atoms with Crippen molar-refractivity contribution in [3.63, 3.8) is 0 Å². The molecule has 1 aromatic heterocycles. The fourth-order valence-electron chi connectivity index (χ4n) is 3.12. The lowest BCUT2D eigenvalue weighted by atomic mass is 10.0. The maximum absolute atomic E-state index is 13.4. The number of rotatable bonds is 7. The van der Waals surface area contributed by atoms with Crippen molar-refractivity contribution < 1.29 is 14.5 Å². The van der Waals surface area contributed by atoms with Crippen LogP contribution in [0.5, 0.6) is 0 Å². The third-order valence-corrected chi connectivity index (χ3v) is 4.53. The first-order chi connectivity index (χ1) is 12.6. The summed E-state index contributed by atoms with van der Waals surface area (Å²) in [5.74, 6) is -0.249. The first-order valence-electron chi connectivity index (χ1n) is 8.83. The van der Waals surface area contributed by atoms with Gasteiger partial charge in [0.2, 0.25) is 0 Å². The molecule has 0 radical (unpaired) electrons. The first-order valence-corrected chi connectivity index (χ1v) is 8.83. The number of fused-ring (bicyclic) bond motifs is 1. The van der Waals surface area contributed by atoms with Gasteiger partial charge in [-0.25, -0.2) is 9.28 Å². The number of aromatic nitrogens is 1. The van der Waals surface area contributed by atoms with E-state index in [1.54, 1.807) is 6.07 Å². The Kier molecular flexibility index (Phi) is 5.81. The molecule has 0 saturated carbocycles. The molecule has 0 fully saturated rings. The van der Waals surface area contributed by atoms with E-state index in [1.807, 2.05) is 31.3 Å². The number of para-hydroxylation sites is 1. The topological polar surface area (TPSA) is 54.4 Å². The van der Waals surface area contributed by atoms with Gasteiger partial charge in [-0.3, -0.25) is 10.2 Å². The van der Waals surface area contributed by atoms with Crippen molar-refractivity contribution in [1.29, 1.82) is 0 Å². The predicted molar refractivity (Wildman–Crippen MR) is 102 cm³/mol. The van der Waals surface area contributed by atoms with Crippen molar-refractivity contribution in [2.45, 2.75) is 39.7 Å². The van der Waals surface area contributed by atoms with E-state index in [1.165, 1.54) is 12.1 Å². The van der Waals surface area contributed by atoms with Gasteiger partial charge in [0, 0.05) is 22.8 Å². The van der Waals surface area contributed by atoms with Gasteiger partial charge in [0.05, 0.1) is 11.2 Å². The molecule has 136 valence electrons. The molecule has 0 aliphatic heterocycles. The molecule has 5 heteroatoms. The molecule has 3 aromatic rings. The second-order valence-corrected chi connectivity index (χ2v) is 6.43. The summed E-state index contributed by atoms with van der Waals surface area (Å²) in [5.41, 5.74) is 5.38. The maximum Gasteiger partial charge on any atom is 0.123 e. The van der Waals surface area contributed by atoms with E-state index in [9.17, 15) is 4.39 Å². The van der Waals surface area contributed by atoms with Crippen molar-refractivity contribution >= 4 is 22.3 Å². The number of benzene rings is 2. The van der Waals surface area contributed by atoms with E-state index in [2.05, 4.69) is 22.1 Å². The molecule has 0 bridgehead atoms. The van der Waals surface area contributed by atoms with Gasteiger partial charge in [0.25, 0.3) is 0 Å². The molecular formula is C21H23FN2O2. The largest absolute Gasteiger partial charge is 0.354 e. The number of pyridine rings is 1. The van der Waals surface area contributed by atoms with E-state index < -0.39 is 0 Å². The number of unbranched alkanes of at least 4 members (excludes halogenated alkanes) is 1. The third-order valence-electron chi connectivity index (χ3n) is 4.53. The quantitative estimate of drug-likeness (QED) is 0.418. The summed E-state index contributed by atoms with van der Waals surface area (Å²) >= 11 is 0. The van der Waals surface area contributed by atoms with E-state index in [-0.39, 0.29) is 12.4 Å². The molecule has 0 unspecified atom stereocenters. The zero-order chi connectivity index (χ0) is 18.5. The van der Waals surface area contributed by atoms with Crippen molar-refractivity contribution in [2.75, 3.05) is 5.32 Å². The van der Waals surface area contributed by atoms with Crippen LogP contribution in [0.4, 0.5) is 15.8 Å². The van der Waals surface area contributed by atoms with Crippen LogP contribution >= 0.6 is 0 Å². The number of hydrogen-bond acceptors (Lipinski definition) is 4. The van der Waals surface area contributed by atoms with Crippen LogP contribution in [0.15, 0.2) is 42.6 Å². The lowest BCUT2D eigenvalue weighted by molar-refractivity contribution is -0.252.